The van der Waals surface area contributed by atoms with Crippen LogP contribution < -0.4 is 10.6 Å². The second-order valence-electron chi connectivity index (χ2n) is 5.58. The molecule has 2 aromatic rings. The van der Waals surface area contributed by atoms with Gasteiger partial charge in [-0.05, 0) is 49.4 Å². The van der Waals surface area contributed by atoms with Gasteiger partial charge in [0.2, 0.25) is 0 Å². The number of para-hydroxylation sites is 1. The summed E-state index contributed by atoms with van der Waals surface area (Å²) in [6, 6.07) is 13.8. The topological polar surface area (TPSA) is 46.3 Å². The molecule has 0 saturated carbocycles. The van der Waals surface area contributed by atoms with Crippen LogP contribution in [0.4, 0.5) is 11.4 Å². The number of nitrogen functional groups attached to an aromatic ring is 1. The van der Waals surface area contributed by atoms with Gasteiger partial charge in [0.15, 0.2) is 0 Å². The van der Waals surface area contributed by atoms with E-state index in [0.29, 0.717) is 11.3 Å². The molecule has 21 heavy (non-hydrogen) atoms. The molecule has 0 aromatic heterocycles. The smallest absolute Gasteiger partial charge is 0.260 e. The molecule has 1 heterocycles. The average Bonchev–Trinajstić information content (AvgIpc) is 2.69. The highest BCUT2D eigenvalue weighted by Crippen LogP contribution is 2.29. The van der Waals surface area contributed by atoms with Crippen LogP contribution in [0.25, 0.3) is 0 Å². The van der Waals surface area contributed by atoms with Crippen molar-refractivity contribution in [3.05, 3.63) is 59.2 Å². The van der Waals surface area contributed by atoms with E-state index in [1.54, 1.807) is 6.07 Å². The molecule has 0 bridgehead atoms. The van der Waals surface area contributed by atoms with Crippen LogP contribution in [0.1, 0.15) is 34.3 Å². The number of carbonyl (C=O) groups excluding carboxylic acids is 1. The van der Waals surface area contributed by atoms with Gasteiger partial charge < -0.3 is 10.6 Å². The molecule has 108 valence electrons. The Balaban J connectivity index is 2.06. The molecule has 1 amide bonds. The monoisotopic (exact) mass is 280 g/mol. The molecular weight excluding hydrogens is 260 g/mol. The lowest BCUT2D eigenvalue weighted by molar-refractivity contribution is 0.0987. The Kier molecular flexibility index (Phi) is 3.65. The Morgan fingerprint density at radius 2 is 1.90 bits per heavy atom. The van der Waals surface area contributed by atoms with Crippen LogP contribution in [0, 0.1) is 6.92 Å². The van der Waals surface area contributed by atoms with Crippen LogP contribution in [0.3, 0.4) is 0 Å². The Hall–Kier alpha value is -2.29. The Morgan fingerprint density at radius 1 is 1.10 bits per heavy atom. The van der Waals surface area contributed by atoms with Crippen molar-refractivity contribution in [3.8, 4) is 0 Å². The maximum atomic E-state index is 13.0. The first-order chi connectivity index (χ1) is 10.2. The van der Waals surface area contributed by atoms with Crippen molar-refractivity contribution in [1.82, 2.24) is 0 Å². The second-order valence-corrected chi connectivity index (χ2v) is 5.58. The molecule has 3 heteroatoms. The molecule has 2 aromatic carbocycles. The van der Waals surface area contributed by atoms with Crippen molar-refractivity contribution >= 4 is 17.3 Å². The number of anilines is 2. The van der Waals surface area contributed by atoms with Crippen molar-refractivity contribution < 1.29 is 4.79 Å². The zero-order valence-electron chi connectivity index (χ0n) is 12.3. The van der Waals surface area contributed by atoms with Gasteiger partial charge in [0.25, 0.3) is 5.91 Å². The molecule has 3 nitrogen and oxygen atoms in total. The Morgan fingerprint density at radius 3 is 2.71 bits per heavy atom. The summed E-state index contributed by atoms with van der Waals surface area (Å²) in [5.74, 6) is 0.0138. The van der Waals surface area contributed by atoms with Crippen molar-refractivity contribution in [2.45, 2.75) is 26.2 Å². The molecule has 0 aliphatic carbocycles. The number of benzene rings is 2. The third kappa shape index (κ3) is 2.51. The number of amides is 1. The maximum Gasteiger partial charge on any atom is 0.260 e. The van der Waals surface area contributed by atoms with Crippen molar-refractivity contribution in [2.24, 2.45) is 0 Å². The van der Waals surface area contributed by atoms with Crippen LogP contribution >= 0.6 is 0 Å². The molecule has 0 saturated heterocycles. The fourth-order valence-corrected chi connectivity index (χ4v) is 3.02. The van der Waals surface area contributed by atoms with Gasteiger partial charge in [-0.15, -0.1) is 0 Å². The van der Waals surface area contributed by atoms with E-state index in [0.717, 1.165) is 37.1 Å². The van der Waals surface area contributed by atoms with Gasteiger partial charge in [0, 0.05) is 17.9 Å². The summed E-state index contributed by atoms with van der Waals surface area (Å²) >= 11 is 0. The van der Waals surface area contributed by atoms with E-state index in [-0.39, 0.29) is 5.91 Å². The number of carbonyl (C=O) groups is 1. The Bertz CT molecular complexity index is 658. The number of hydrogen-bond donors (Lipinski definition) is 1. The summed E-state index contributed by atoms with van der Waals surface area (Å²) in [6.07, 6.45) is 3.17. The number of rotatable bonds is 1. The first-order valence-electron chi connectivity index (χ1n) is 7.43. The summed E-state index contributed by atoms with van der Waals surface area (Å²) < 4.78 is 0. The molecule has 0 radical (unpaired) electrons. The SMILES string of the molecule is Cc1cccc(N)c1C(=O)N1CCCCc2ccccc21. The lowest BCUT2D eigenvalue weighted by Crippen LogP contribution is -2.32. The van der Waals surface area contributed by atoms with E-state index in [1.165, 1.54) is 5.56 Å². The van der Waals surface area contributed by atoms with Crippen LogP contribution in [0.5, 0.6) is 0 Å². The molecule has 1 aliphatic rings. The quantitative estimate of drug-likeness (QED) is 0.812. The molecule has 0 spiro atoms. The number of aryl methyl sites for hydroxylation is 2. The van der Waals surface area contributed by atoms with Gasteiger partial charge >= 0.3 is 0 Å². The summed E-state index contributed by atoms with van der Waals surface area (Å²) in [4.78, 5) is 14.9. The zero-order valence-corrected chi connectivity index (χ0v) is 12.3. The summed E-state index contributed by atoms with van der Waals surface area (Å²) in [5.41, 5.74) is 10.4. The minimum atomic E-state index is 0.0138. The zero-order chi connectivity index (χ0) is 14.8. The molecule has 0 atom stereocenters. The number of nitrogens with two attached hydrogens (primary N) is 1. The van der Waals surface area contributed by atoms with E-state index in [9.17, 15) is 4.79 Å². The van der Waals surface area contributed by atoms with Crippen molar-refractivity contribution in [3.63, 3.8) is 0 Å². The van der Waals surface area contributed by atoms with Gasteiger partial charge in [0.05, 0.1) is 5.56 Å². The molecule has 0 fully saturated rings. The highest BCUT2D eigenvalue weighted by atomic mass is 16.2. The first-order valence-corrected chi connectivity index (χ1v) is 7.43. The molecule has 0 unspecified atom stereocenters. The molecular formula is C18H20N2O. The van der Waals surface area contributed by atoms with Gasteiger partial charge in [0.1, 0.15) is 0 Å². The van der Waals surface area contributed by atoms with Crippen LogP contribution in [-0.4, -0.2) is 12.5 Å². The maximum absolute atomic E-state index is 13.0. The van der Waals surface area contributed by atoms with E-state index >= 15 is 0 Å². The predicted molar refractivity (Wildman–Crippen MR) is 86.6 cm³/mol. The summed E-state index contributed by atoms with van der Waals surface area (Å²) in [6.45, 7) is 2.69. The van der Waals surface area contributed by atoms with Gasteiger partial charge in [-0.1, -0.05) is 30.3 Å². The van der Waals surface area contributed by atoms with Gasteiger partial charge in [-0.3, -0.25) is 4.79 Å². The van der Waals surface area contributed by atoms with Gasteiger partial charge in [-0.2, -0.15) is 0 Å². The van der Waals surface area contributed by atoms with Crippen LogP contribution in [0.15, 0.2) is 42.5 Å². The third-order valence-electron chi connectivity index (χ3n) is 4.12. The van der Waals surface area contributed by atoms with Crippen LogP contribution in [-0.2, 0) is 6.42 Å². The standard InChI is InChI=1S/C18H20N2O/c1-13-7-6-10-15(19)17(13)18(21)20-12-5-4-9-14-8-2-3-11-16(14)20/h2-3,6-8,10-11H,4-5,9,12,19H2,1H3. The number of nitrogens with zero attached hydrogens (tertiary/aromatic N) is 1. The molecule has 2 N–H and O–H groups in total. The molecule has 3 rings (SSSR count). The first kappa shape index (κ1) is 13.7. The number of hydrogen-bond acceptors (Lipinski definition) is 2. The lowest BCUT2D eigenvalue weighted by Gasteiger charge is -2.24. The third-order valence-corrected chi connectivity index (χ3v) is 4.12. The van der Waals surface area contributed by atoms with E-state index in [2.05, 4.69) is 6.07 Å². The van der Waals surface area contributed by atoms with Crippen LogP contribution in [0.2, 0.25) is 0 Å². The van der Waals surface area contributed by atoms with E-state index in [4.69, 9.17) is 5.73 Å². The average molecular weight is 280 g/mol. The minimum absolute atomic E-state index is 0.0138. The second kappa shape index (κ2) is 5.60. The van der Waals surface area contributed by atoms with Crippen molar-refractivity contribution in [2.75, 3.05) is 17.2 Å². The lowest BCUT2D eigenvalue weighted by atomic mass is 10.0. The summed E-state index contributed by atoms with van der Waals surface area (Å²) in [7, 11) is 0. The number of fused-ring (bicyclic) bond motifs is 1. The minimum Gasteiger partial charge on any atom is -0.398 e. The summed E-state index contributed by atoms with van der Waals surface area (Å²) in [5, 5.41) is 0. The van der Waals surface area contributed by atoms with E-state index < -0.39 is 0 Å². The fourth-order valence-electron chi connectivity index (χ4n) is 3.02. The largest absolute Gasteiger partial charge is 0.398 e. The van der Waals surface area contributed by atoms with E-state index in [1.807, 2.05) is 42.2 Å². The predicted octanol–water partition coefficient (Wildman–Crippen LogP) is 3.56. The van der Waals surface area contributed by atoms with Crippen molar-refractivity contribution in [1.29, 1.82) is 0 Å². The molecule has 1 aliphatic heterocycles. The van der Waals surface area contributed by atoms with Gasteiger partial charge in [-0.25, -0.2) is 0 Å². The normalized spacial score (nSPS) is 14.4. The highest BCUT2D eigenvalue weighted by Gasteiger charge is 2.24. The fraction of sp³-hybridized carbons (Fsp3) is 0.278. The Labute approximate surface area is 125 Å². The highest BCUT2D eigenvalue weighted by molar-refractivity contribution is 6.10.